The maximum Gasteiger partial charge on any atom is 0.193 e. The molecular formula is C19H23BrClNO2. The number of nitrogens with two attached hydrogens (primary N) is 1. The summed E-state index contributed by atoms with van der Waals surface area (Å²) in [7, 11) is 0. The Morgan fingerprint density at radius 3 is 2.00 bits per heavy atom. The zero-order valence-corrected chi connectivity index (χ0v) is 15.9. The van der Waals surface area contributed by atoms with Gasteiger partial charge in [0.1, 0.15) is 5.75 Å². The predicted octanol–water partition coefficient (Wildman–Crippen LogP) is 5.00. The number of halogens is 2. The van der Waals surface area contributed by atoms with Crippen molar-refractivity contribution >= 4 is 34.1 Å². The van der Waals surface area contributed by atoms with Crippen LogP contribution in [0.25, 0.3) is 0 Å². The first kappa shape index (κ1) is 20.7. The van der Waals surface area contributed by atoms with Gasteiger partial charge in [-0.15, -0.1) is 12.4 Å². The fourth-order valence-corrected chi connectivity index (χ4v) is 2.52. The van der Waals surface area contributed by atoms with Crippen LogP contribution in [0.1, 0.15) is 41.6 Å². The zero-order valence-electron chi connectivity index (χ0n) is 13.5. The first-order valence-electron chi connectivity index (χ1n) is 7.94. The Balaban J connectivity index is 0.00000288. The molecule has 0 unspecified atom stereocenters. The Labute approximate surface area is 158 Å². The Hall–Kier alpha value is -1.36. The van der Waals surface area contributed by atoms with Crippen molar-refractivity contribution in [3.8, 4) is 5.75 Å². The van der Waals surface area contributed by atoms with Gasteiger partial charge in [-0.2, -0.15) is 0 Å². The van der Waals surface area contributed by atoms with Crippen LogP contribution in [0.2, 0.25) is 0 Å². The van der Waals surface area contributed by atoms with E-state index in [9.17, 15) is 4.79 Å². The van der Waals surface area contributed by atoms with E-state index in [1.54, 1.807) is 0 Å². The van der Waals surface area contributed by atoms with E-state index in [1.807, 2.05) is 48.5 Å². The lowest BCUT2D eigenvalue weighted by atomic mass is 10.0. The molecule has 0 atom stereocenters. The monoisotopic (exact) mass is 411 g/mol. The van der Waals surface area contributed by atoms with Crippen LogP contribution in [0.5, 0.6) is 5.75 Å². The van der Waals surface area contributed by atoms with Crippen molar-refractivity contribution in [2.24, 2.45) is 5.73 Å². The number of ketones is 1. The standard InChI is InChI=1S/C19H22BrNO2.ClH/c20-17-9-5-15(6-10-17)19(22)16-7-11-18(12-8-16)23-14-4-2-1-3-13-21;/h5-12H,1-4,13-14,21H2;1H. The van der Waals surface area contributed by atoms with Crippen LogP contribution in [0.3, 0.4) is 0 Å². The van der Waals surface area contributed by atoms with Gasteiger partial charge in [-0.25, -0.2) is 0 Å². The van der Waals surface area contributed by atoms with Crippen LogP contribution in [-0.4, -0.2) is 18.9 Å². The summed E-state index contributed by atoms with van der Waals surface area (Å²) < 4.78 is 6.66. The Kier molecular flexibility index (Phi) is 9.69. The van der Waals surface area contributed by atoms with Gasteiger partial charge < -0.3 is 10.5 Å². The largest absolute Gasteiger partial charge is 0.494 e. The molecule has 5 heteroatoms. The summed E-state index contributed by atoms with van der Waals surface area (Å²) >= 11 is 3.37. The summed E-state index contributed by atoms with van der Waals surface area (Å²) in [6.07, 6.45) is 4.39. The van der Waals surface area contributed by atoms with Gasteiger partial charge in [0.2, 0.25) is 0 Å². The average Bonchev–Trinajstić information content (AvgIpc) is 2.58. The van der Waals surface area contributed by atoms with Gasteiger partial charge >= 0.3 is 0 Å². The minimum Gasteiger partial charge on any atom is -0.494 e. The molecule has 130 valence electrons. The molecule has 0 fully saturated rings. The summed E-state index contributed by atoms with van der Waals surface area (Å²) in [5.74, 6) is 0.821. The highest BCUT2D eigenvalue weighted by Crippen LogP contribution is 2.17. The van der Waals surface area contributed by atoms with Crippen LogP contribution in [0.15, 0.2) is 53.0 Å². The third kappa shape index (κ3) is 6.63. The number of hydrogen-bond acceptors (Lipinski definition) is 3. The van der Waals surface area contributed by atoms with Gasteiger partial charge in [0, 0.05) is 15.6 Å². The zero-order chi connectivity index (χ0) is 16.5. The number of hydrogen-bond donors (Lipinski definition) is 1. The molecule has 0 saturated heterocycles. The number of ether oxygens (including phenoxy) is 1. The lowest BCUT2D eigenvalue weighted by Gasteiger charge is -2.07. The highest BCUT2D eigenvalue weighted by Gasteiger charge is 2.08. The van der Waals surface area contributed by atoms with Gasteiger partial charge in [0.15, 0.2) is 5.78 Å². The van der Waals surface area contributed by atoms with Crippen molar-refractivity contribution in [3.05, 3.63) is 64.1 Å². The summed E-state index contributed by atoms with van der Waals surface area (Å²) in [6, 6.07) is 14.7. The van der Waals surface area contributed by atoms with Gasteiger partial charge in [-0.1, -0.05) is 28.8 Å². The molecule has 2 N–H and O–H groups in total. The van der Waals surface area contributed by atoms with Gasteiger partial charge in [-0.05, 0) is 67.9 Å². The SMILES string of the molecule is Cl.NCCCCCCOc1ccc(C(=O)c2ccc(Br)cc2)cc1. The highest BCUT2D eigenvalue weighted by molar-refractivity contribution is 9.10. The smallest absolute Gasteiger partial charge is 0.193 e. The first-order chi connectivity index (χ1) is 11.2. The minimum absolute atomic E-state index is 0. The number of rotatable bonds is 9. The van der Waals surface area contributed by atoms with Crippen LogP contribution in [0.4, 0.5) is 0 Å². The van der Waals surface area contributed by atoms with E-state index in [0.717, 1.165) is 42.5 Å². The molecule has 0 radical (unpaired) electrons. The maximum atomic E-state index is 12.4. The van der Waals surface area contributed by atoms with Crippen LogP contribution in [-0.2, 0) is 0 Å². The number of carbonyl (C=O) groups is 1. The van der Waals surface area contributed by atoms with E-state index < -0.39 is 0 Å². The molecule has 0 aliphatic rings. The normalized spacial score (nSPS) is 10.1. The van der Waals surface area contributed by atoms with Crippen molar-refractivity contribution in [2.75, 3.05) is 13.2 Å². The summed E-state index contributed by atoms with van der Waals surface area (Å²) in [5.41, 5.74) is 6.81. The lowest BCUT2D eigenvalue weighted by Crippen LogP contribution is -2.02. The van der Waals surface area contributed by atoms with Gasteiger partial charge in [0.25, 0.3) is 0 Å². The van der Waals surface area contributed by atoms with E-state index >= 15 is 0 Å². The Morgan fingerprint density at radius 2 is 1.42 bits per heavy atom. The predicted molar refractivity (Wildman–Crippen MR) is 104 cm³/mol. The topological polar surface area (TPSA) is 52.3 Å². The lowest BCUT2D eigenvalue weighted by molar-refractivity contribution is 0.103. The van der Waals surface area contributed by atoms with Crippen LogP contribution >= 0.6 is 28.3 Å². The molecule has 0 bridgehead atoms. The van der Waals surface area contributed by atoms with Crippen molar-refractivity contribution in [3.63, 3.8) is 0 Å². The first-order valence-corrected chi connectivity index (χ1v) is 8.73. The summed E-state index contributed by atoms with van der Waals surface area (Å²) in [5, 5.41) is 0. The van der Waals surface area contributed by atoms with Crippen molar-refractivity contribution in [1.29, 1.82) is 0 Å². The van der Waals surface area contributed by atoms with Crippen molar-refractivity contribution in [2.45, 2.75) is 25.7 Å². The molecule has 0 saturated carbocycles. The van der Waals surface area contributed by atoms with E-state index in [1.165, 1.54) is 0 Å². The van der Waals surface area contributed by atoms with E-state index in [-0.39, 0.29) is 18.2 Å². The van der Waals surface area contributed by atoms with E-state index in [0.29, 0.717) is 17.7 Å². The number of unbranched alkanes of at least 4 members (excludes halogenated alkanes) is 3. The van der Waals surface area contributed by atoms with Crippen molar-refractivity contribution in [1.82, 2.24) is 0 Å². The third-order valence-corrected chi connectivity index (χ3v) is 4.12. The second-order valence-corrected chi connectivity index (χ2v) is 6.33. The quantitative estimate of drug-likeness (QED) is 0.466. The third-order valence-electron chi connectivity index (χ3n) is 3.59. The fraction of sp³-hybridized carbons (Fsp3) is 0.316. The van der Waals surface area contributed by atoms with Crippen molar-refractivity contribution < 1.29 is 9.53 Å². The Morgan fingerprint density at radius 1 is 0.875 bits per heavy atom. The second-order valence-electron chi connectivity index (χ2n) is 5.41. The molecular weight excluding hydrogens is 390 g/mol. The van der Waals surface area contributed by atoms with E-state index in [4.69, 9.17) is 10.5 Å². The van der Waals surface area contributed by atoms with Crippen LogP contribution in [0, 0.1) is 0 Å². The second kappa shape index (κ2) is 11.2. The number of benzene rings is 2. The molecule has 0 heterocycles. The molecule has 3 nitrogen and oxygen atoms in total. The average molecular weight is 413 g/mol. The highest BCUT2D eigenvalue weighted by atomic mass is 79.9. The molecule has 2 rings (SSSR count). The Bertz CT molecular complexity index is 614. The molecule has 0 aliphatic carbocycles. The molecule has 2 aromatic carbocycles. The summed E-state index contributed by atoms with van der Waals surface area (Å²) in [4.78, 5) is 12.4. The van der Waals surface area contributed by atoms with Gasteiger partial charge in [-0.3, -0.25) is 4.79 Å². The van der Waals surface area contributed by atoms with Gasteiger partial charge in [0.05, 0.1) is 6.61 Å². The summed E-state index contributed by atoms with van der Waals surface area (Å²) in [6.45, 7) is 1.46. The molecule has 0 aliphatic heterocycles. The van der Waals surface area contributed by atoms with Crippen LogP contribution < -0.4 is 10.5 Å². The molecule has 0 amide bonds. The minimum atomic E-state index is 0. The maximum absolute atomic E-state index is 12.4. The molecule has 0 aromatic heterocycles. The molecule has 2 aromatic rings. The van der Waals surface area contributed by atoms with E-state index in [2.05, 4.69) is 15.9 Å². The molecule has 0 spiro atoms. The fourth-order valence-electron chi connectivity index (χ4n) is 2.26. The number of carbonyl (C=O) groups excluding carboxylic acids is 1. The molecule has 24 heavy (non-hydrogen) atoms.